The number of fused-ring (bicyclic) bond motifs is 1. The van der Waals surface area contributed by atoms with Crippen LogP contribution in [0.4, 0.5) is 0 Å². The van der Waals surface area contributed by atoms with Crippen molar-refractivity contribution in [1.29, 1.82) is 0 Å². The van der Waals surface area contributed by atoms with Crippen LogP contribution in [0.3, 0.4) is 0 Å². The summed E-state index contributed by atoms with van der Waals surface area (Å²) in [5.41, 5.74) is 0.232. The Labute approximate surface area is 171 Å². The molecule has 1 aliphatic heterocycles. The Hall–Kier alpha value is -2.71. The van der Waals surface area contributed by atoms with Gasteiger partial charge in [-0.1, -0.05) is 30.3 Å². The van der Waals surface area contributed by atoms with Crippen LogP contribution >= 0.6 is 11.3 Å². The minimum atomic E-state index is -0.493. The van der Waals surface area contributed by atoms with E-state index in [0.717, 1.165) is 31.5 Å². The average Bonchev–Trinajstić information content (AvgIpc) is 3.18. The summed E-state index contributed by atoms with van der Waals surface area (Å²) in [7, 11) is 3.66. The third kappa shape index (κ3) is 3.77. The van der Waals surface area contributed by atoms with E-state index in [4.69, 9.17) is 4.74 Å². The van der Waals surface area contributed by atoms with Crippen molar-refractivity contribution >= 4 is 27.5 Å². The van der Waals surface area contributed by atoms with Crippen molar-refractivity contribution in [3.05, 3.63) is 67.7 Å². The van der Waals surface area contributed by atoms with Crippen LogP contribution in [0.25, 0.3) is 10.2 Å². The lowest BCUT2D eigenvalue weighted by Crippen LogP contribution is -2.39. The van der Waals surface area contributed by atoms with Gasteiger partial charge in [-0.2, -0.15) is 0 Å². The van der Waals surface area contributed by atoms with Gasteiger partial charge in [0.15, 0.2) is 0 Å². The molecule has 0 saturated carbocycles. The molecule has 152 valence electrons. The summed E-state index contributed by atoms with van der Waals surface area (Å²) in [6.07, 6.45) is 1.41. The molecule has 1 aliphatic rings. The Morgan fingerprint density at radius 2 is 1.83 bits per heavy atom. The van der Waals surface area contributed by atoms with E-state index in [1.165, 1.54) is 20.5 Å². The molecule has 3 heterocycles. The van der Waals surface area contributed by atoms with Crippen LogP contribution in [0.1, 0.15) is 28.8 Å². The fourth-order valence-corrected chi connectivity index (χ4v) is 4.66. The number of hydrogen-bond acceptors (Lipinski definition) is 6. The van der Waals surface area contributed by atoms with E-state index >= 15 is 0 Å². The predicted molar refractivity (Wildman–Crippen MR) is 113 cm³/mol. The standard InChI is InChI=1S/C21H23N3O4S/c1-22-10-8-15(9-11-22)28-20(26)16-13-29-19-17(16)18(25)24(21(27)23(19)2)12-14-6-4-3-5-7-14/h3-7,13,15H,8-12H2,1-2H3. The summed E-state index contributed by atoms with van der Waals surface area (Å²) >= 11 is 1.22. The fourth-order valence-electron chi connectivity index (χ4n) is 3.66. The maximum atomic E-state index is 13.2. The van der Waals surface area contributed by atoms with Gasteiger partial charge in [-0.15, -0.1) is 11.3 Å². The van der Waals surface area contributed by atoms with Crippen LogP contribution in [-0.2, 0) is 18.3 Å². The second-order valence-corrected chi connectivity index (χ2v) is 8.31. The molecule has 0 atom stereocenters. The van der Waals surface area contributed by atoms with Crippen LogP contribution in [0.15, 0.2) is 45.3 Å². The second kappa shape index (κ2) is 7.96. The molecule has 0 amide bonds. The zero-order valence-corrected chi connectivity index (χ0v) is 17.3. The second-order valence-electron chi connectivity index (χ2n) is 7.46. The normalized spacial score (nSPS) is 15.7. The first-order valence-electron chi connectivity index (χ1n) is 9.60. The summed E-state index contributed by atoms with van der Waals surface area (Å²) in [6, 6.07) is 9.32. The summed E-state index contributed by atoms with van der Waals surface area (Å²) < 4.78 is 8.29. The van der Waals surface area contributed by atoms with Gasteiger partial charge >= 0.3 is 11.7 Å². The molecule has 8 heteroatoms. The van der Waals surface area contributed by atoms with Crippen LogP contribution in [0.5, 0.6) is 0 Å². The summed E-state index contributed by atoms with van der Waals surface area (Å²) in [5, 5.41) is 1.88. The third-order valence-corrected chi connectivity index (χ3v) is 6.45. The largest absolute Gasteiger partial charge is 0.459 e. The van der Waals surface area contributed by atoms with E-state index in [0.29, 0.717) is 4.83 Å². The number of ether oxygens (including phenoxy) is 1. The lowest BCUT2D eigenvalue weighted by Gasteiger charge is -2.28. The molecule has 0 N–H and O–H groups in total. The number of rotatable bonds is 4. The number of nitrogens with zero attached hydrogens (tertiary/aromatic N) is 3. The quantitative estimate of drug-likeness (QED) is 0.612. The average molecular weight is 413 g/mol. The number of esters is 1. The minimum Gasteiger partial charge on any atom is -0.459 e. The van der Waals surface area contributed by atoms with Gasteiger partial charge in [-0.05, 0) is 25.5 Å². The van der Waals surface area contributed by atoms with Crippen molar-refractivity contribution in [2.24, 2.45) is 7.05 Å². The van der Waals surface area contributed by atoms with Gasteiger partial charge in [0.1, 0.15) is 10.9 Å². The van der Waals surface area contributed by atoms with Crippen molar-refractivity contribution in [2.75, 3.05) is 20.1 Å². The smallest absolute Gasteiger partial charge is 0.340 e. The maximum absolute atomic E-state index is 13.2. The number of thiophene rings is 1. The highest BCUT2D eigenvalue weighted by molar-refractivity contribution is 7.17. The molecular formula is C21H23N3O4S. The lowest BCUT2D eigenvalue weighted by molar-refractivity contribution is 0.0142. The van der Waals surface area contributed by atoms with E-state index in [1.54, 1.807) is 12.4 Å². The maximum Gasteiger partial charge on any atom is 0.340 e. The number of benzene rings is 1. The Morgan fingerprint density at radius 3 is 2.52 bits per heavy atom. The summed E-state index contributed by atoms with van der Waals surface area (Å²) in [6.45, 7) is 1.91. The molecule has 1 saturated heterocycles. The van der Waals surface area contributed by atoms with E-state index < -0.39 is 17.2 Å². The zero-order valence-electron chi connectivity index (χ0n) is 16.5. The van der Waals surface area contributed by atoms with Gasteiger partial charge in [0, 0.05) is 25.5 Å². The number of likely N-dealkylation sites (tertiary alicyclic amines) is 1. The first-order chi connectivity index (χ1) is 14.0. The SMILES string of the molecule is CN1CCC(OC(=O)c2csc3c2c(=O)n(Cc2ccccc2)c(=O)n3C)CC1. The van der Waals surface area contributed by atoms with Gasteiger partial charge < -0.3 is 9.64 Å². The van der Waals surface area contributed by atoms with Gasteiger partial charge in [0.2, 0.25) is 0 Å². The number of aromatic nitrogens is 2. The zero-order chi connectivity index (χ0) is 20.5. The number of carbonyl (C=O) groups excluding carboxylic acids is 1. The molecule has 0 unspecified atom stereocenters. The van der Waals surface area contributed by atoms with Crippen molar-refractivity contribution in [1.82, 2.24) is 14.0 Å². The van der Waals surface area contributed by atoms with E-state index in [1.807, 2.05) is 37.4 Å². The molecule has 0 radical (unpaired) electrons. The first kappa shape index (κ1) is 19.6. The highest BCUT2D eigenvalue weighted by Crippen LogP contribution is 2.24. The van der Waals surface area contributed by atoms with Crippen LogP contribution in [0.2, 0.25) is 0 Å². The van der Waals surface area contributed by atoms with Crippen molar-refractivity contribution in [3.63, 3.8) is 0 Å². The Morgan fingerprint density at radius 1 is 1.14 bits per heavy atom. The Balaban J connectivity index is 1.72. The Kier molecular flexibility index (Phi) is 5.38. The van der Waals surface area contributed by atoms with Crippen LogP contribution in [-0.4, -0.2) is 46.2 Å². The molecule has 1 aromatic carbocycles. The number of carbonyl (C=O) groups is 1. The molecule has 3 aromatic rings. The van der Waals surface area contributed by atoms with Crippen molar-refractivity contribution in [3.8, 4) is 0 Å². The first-order valence-corrected chi connectivity index (χ1v) is 10.5. The monoisotopic (exact) mass is 413 g/mol. The topological polar surface area (TPSA) is 73.5 Å². The number of hydrogen-bond donors (Lipinski definition) is 0. The highest BCUT2D eigenvalue weighted by atomic mass is 32.1. The molecule has 1 fully saturated rings. The fraction of sp³-hybridized carbons (Fsp3) is 0.381. The molecule has 0 aliphatic carbocycles. The minimum absolute atomic E-state index is 0.146. The third-order valence-electron chi connectivity index (χ3n) is 5.40. The number of piperidine rings is 1. The lowest BCUT2D eigenvalue weighted by atomic mass is 10.1. The highest BCUT2D eigenvalue weighted by Gasteiger charge is 2.25. The summed E-state index contributed by atoms with van der Waals surface area (Å²) in [4.78, 5) is 41.4. The van der Waals surface area contributed by atoms with Crippen molar-refractivity contribution < 1.29 is 9.53 Å². The molecule has 29 heavy (non-hydrogen) atoms. The summed E-state index contributed by atoms with van der Waals surface area (Å²) in [5.74, 6) is -0.493. The van der Waals surface area contributed by atoms with Gasteiger partial charge in [-0.3, -0.25) is 13.9 Å². The Bertz CT molecular complexity index is 1150. The van der Waals surface area contributed by atoms with Crippen LogP contribution < -0.4 is 11.2 Å². The van der Waals surface area contributed by atoms with Gasteiger partial charge in [-0.25, -0.2) is 9.59 Å². The molecule has 0 bridgehead atoms. The van der Waals surface area contributed by atoms with E-state index in [9.17, 15) is 14.4 Å². The molecule has 7 nitrogen and oxygen atoms in total. The molecule has 4 rings (SSSR count). The number of aryl methyl sites for hydroxylation is 1. The van der Waals surface area contributed by atoms with Gasteiger partial charge in [0.05, 0.1) is 17.5 Å². The molecular weight excluding hydrogens is 390 g/mol. The van der Waals surface area contributed by atoms with E-state index in [2.05, 4.69) is 4.90 Å². The van der Waals surface area contributed by atoms with Crippen LogP contribution in [0, 0.1) is 0 Å². The predicted octanol–water partition coefficient (Wildman–Crippen LogP) is 2.06. The van der Waals surface area contributed by atoms with Gasteiger partial charge in [0.25, 0.3) is 5.56 Å². The van der Waals surface area contributed by atoms with E-state index in [-0.39, 0.29) is 23.6 Å². The molecule has 0 spiro atoms. The van der Waals surface area contributed by atoms with Crippen molar-refractivity contribution in [2.45, 2.75) is 25.5 Å². The molecule has 2 aromatic heterocycles.